The first-order valence-electron chi connectivity index (χ1n) is 9.77. The molecular formula is C21H23BrN4O5S. The number of rotatable bonds is 5. The number of hydrogen-bond acceptors (Lipinski definition) is 7. The Labute approximate surface area is 199 Å². The molecule has 0 aliphatic carbocycles. The van der Waals surface area contributed by atoms with Gasteiger partial charge >= 0.3 is 0 Å². The third kappa shape index (κ3) is 5.10. The number of ether oxygens (including phenoxy) is 2. The Balaban J connectivity index is 1.67. The van der Waals surface area contributed by atoms with Crippen molar-refractivity contribution in [3.8, 4) is 11.5 Å². The number of thiocarbonyl (C=S) groups is 1. The molecule has 0 spiro atoms. The smallest absolute Gasteiger partial charge is 0.296 e. The lowest BCUT2D eigenvalue weighted by molar-refractivity contribution is -0.384. The average molecular weight is 523 g/mol. The number of nitrogens with zero attached hydrogens (tertiary/aromatic N) is 3. The van der Waals surface area contributed by atoms with Crippen molar-refractivity contribution >= 4 is 50.5 Å². The fourth-order valence-corrected chi connectivity index (χ4v) is 4.45. The van der Waals surface area contributed by atoms with Crippen LogP contribution in [0.3, 0.4) is 0 Å². The van der Waals surface area contributed by atoms with Gasteiger partial charge in [0.25, 0.3) is 11.6 Å². The lowest BCUT2D eigenvalue weighted by Crippen LogP contribution is -2.52. The quantitative estimate of drug-likeness (QED) is 0.361. The van der Waals surface area contributed by atoms with Crippen LogP contribution in [0.5, 0.6) is 11.5 Å². The molecule has 0 radical (unpaired) electrons. The van der Waals surface area contributed by atoms with Crippen LogP contribution in [0.15, 0.2) is 34.8 Å². The second kappa shape index (κ2) is 10.1. The Morgan fingerprint density at radius 1 is 1.16 bits per heavy atom. The summed E-state index contributed by atoms with van der Waals surface area (Å²) in [6.45, 7) is 3.91. The molecule has 2 aromatic rings. The van der Waals surface area contributed by atoms with Crippen LogP contribution in [0, 0.1) is 17.0 Å². The fourth-order valence-electron chi connectivity index (χ4n) is 3.61. The summed E-state index contributed by atoms with van der Waals surface area (Å²) in [6.07, 6.45) is 0. The number of amides is 1. The molecule has 0 unspecified atom stereocenters. The summed E-state index contributed by atoms with van der Waals surface area (Å²) in [5.74, 6) is 0.566. The number of nitro benzene ring substituents is 1. The van der Waals surface area contributed by atoms with E-state index in [0.717, 1.165) is 10.0 Å². The number of nitro groups is 1. The minimum absolute atomic E-state index is 0.00852. The highest BCUT2D eigenvalue weighted by Crippen LogP contribution is 2.32. The molecule has 9 nitrogen and oxygen atoms in total. The van der Waals surface area contributed by atoms with Gasteiger partial charge in [0.1, 0.15) is 17.2 Å². The van der Waals surface area contributed by atoms with Gasteiger partial charge in [-0.05, 0) is 49.0 Å². The van der Waals surface area contributed by atoms with Crippen molar-refractivity contribution in [3.05, 3.63) is 56.0 Å². The molecule has 2 aromatic carbocycles. The molecule has 1 saturated heterocycles. The maximum absolute atomic E-state index is 12.8. The number of carbonyl (C=O) groups is 1. The van der Waals surface area contributed by atoms with Gasteiger partial charge in [-0.2, -0.15) is 0 Å². The first kappa shape index (κ1) is 23.7. The predicted octanol–water partition coefficient (Wildman–Crippen LogP) is 3.52. The third-order valence-corrected chi connectivity index (χ3v) is 6.01. The van der Waals surface area contributed by atoms with Gasteiger partial charge < -0.3 is 19.3 Å². The molecule has 1 aliphatic heterocycles. The average Bonchev–Trinajstić information content (AvgIpc) is 2.78. The number of carbonyl (C=O) groups excluding carboxylic acids is 1. The molecule has 1 amide bonds. The summed E-state index contributed by atoms with van der Waals surface area (Å²) >= 11 is 8.85. The van der Waals surface area contributed by atoms with Crippen LogP contribution in [0.25, 0.3) is 0 Å². The van der Waals surface area contributed by atoms with Crippen LogP contribution < -0.4 is 19.7 Å². The monoisotopic (exact) mass is 522 g/mol. The normalized spacial score (nSPS) is 13.5. The van der Waals surface area contributed by atoms with Gasteiger partial charge in [-0.1, -0.05) is 15.9 Å². The third-order valence-electron chi connectivity index (χ3n) is 5.20. The van der Waals surface area contributed by atoms with Crippen molar-refractivity contribution in [2.75, 3.05) is 45.3 Å². The zero-order valence-electron chi connectivity index (χ0n) is 17.9. The van der Waals surface area contributed by atoms with Gasteiger partial charge in [-0.25, -0.2) is 0 Å². The van der Waals surface area contributed by atoms with Crippen molar-refractivity contribution in [3.63, 3.8) is 0 Å². The van der Waals surface area contributed by atoms with Gasteiger partial charge in [0.05, 0.1) is 30.8 Å². The molecule has 1 N–H and O–H groups in total. The number of nitrogens with one attached hydrogen (secondary N) is 1. The van der Waals surface area contributed by atoms with Crippen molar-refractivity contribution in [1.82, 2.24) is 10.2 Å². The molecule has 3 rings (SSSR count). The molecule has 1 fully saturated rings. The SMILES string of the molecule is COc1ccc(N2CCN(C(=S)NC(=O)c3cc(Br)cc(C)c3OC)CC2)c([N+](=O)[O-])c1. The second-order valence-corrected chi connectivity index (χ2v) is 8.45. The van der Waals surface area contributed by atoms with Crippen molar-refractivity contribution in [2.24, 2.45) is 0 Å². The zero-order valence-corrected chi connectivity index (χ0v) is 20.3. The lowest BCUT2D eigenvalue weighted by atomic mass is 10.1. The Hall–Kier alpha value is -2.92. The highest BCUT2D eigenvalue weighted by atomic mass is 79.9. The first-order chi connectivity index (χ1) is 15.2. The van der Waals surface area contributed by atoms with Crippen LogP contribution in [0.4, 0.5) is 11.4 Å². The van der Waals surface area contributed by atoms with Gasteiger partial charge in [-0.3, -0.25) is 20.2 Å². The Kier molecular flexibility index (Phi) is 7.52. The first-order valence-corrected chi connectivity index (χ1v) is 11.0. The molecule has 1 heterocycles. The van der Waals surface area contributed by atoms with E-state index in [-0.39, 0.29) is 11.6 Å². The molecule has 0 saturated carbocycles. The van der Waals surface area contributed by atoms with Crippen molar-refractivity contribution < 1.29 is 19.2 Å². The molecule has 170 valence electrons. The molecule has 0 atom stereocenters. The van der Waals surface area contributed by atoms with Crippen LogP contribution in [-0.4, -0.2) is 61.2 Å². The van der Waals surface area contributed by atoms with E-state index in [9.17, 15) is 14.9 Å². The summed E-state index contributed by atoms with van der Waals surface area (Å²) in [5, 5.41) is 14.6. The van der Waals surface area contributed by atoms with Crippen LogP contribution in [0.2, 0.25) is 0 Å². The molecule has 0 aromatic heterocycles. The van der Waals surface area contributed by atoms with E-state index in [4.69, 9.17) is 21.7 Å². The molecular weight excluding hydrogens is 500 g/mol. The van der Waals surface area contributed by atoms with Gasteiger partial charge in [-0.15, -0.1) is 0 Å². The summed E-state index contributed by atoms with van der Waals surface area (Å²) in [7, 11) is 2.99. The summed E-state index contributed by atoms with van der Waals surface area (Å²) in [5.41, 5.74) is 1.73. The lowest BCUT2D eigenvalue weighted by Gasteiger charge is -2.37. The Bertz CT molecular complexity index is 1060. The minimum atomic E-state index is -0.414. The number of hydrogen-bond donors (Lipinski definition) is 1. The number of anilines is 1. The van der Waals surface area contributed by atoms with E-state index in [1.165, 1.54) is 20.3 Å². The standard InChI is InChI=1S/C21H23BrN4O5S/c1-13-10-14(22)11-16(19(13)31-3)20(27)23-21(32)25-8-6-24(7-9-25)17-5-4-15(30-2)12-18(17)26(28)29/h4-5,10-12H,6-9H2,1-3H3,(H,23,27,32). The molecule has 11 heteroatoms. The predicted molar refractivity (Wildman–Crippen MR) is 129 cm³/mol. The van der Waals surface area contributed by atoms with Crippen molar-refractivity contribution in [2.45, 2.75) is 6.92 Å². The second-order valence-electron chi connectivity index (χ2n) is 7.15. The van der Waals surface area contributed by atoms with E-state index >= 15 is 0 Å². The summed E-state index contributed by atoms with van der Waals surface area (Å²) in [6, 6.07) is 8.36. The zero-order chi connectivity index (χ0) is 23.4. The highest BCUT2D eigenvalue weighted by molar-refractivity contribution is 9.10. The van der Waals surface area contributed by atoms with Crippen LogP contribution >= 0.6 is 28.1 Å². The number of piperazine rings is 1. The molecule has 32 heavy (non-hydrogen) atoms. The van der Waals surface area contributed by atoms with E-state index in [0.29, 0.717) is 54.0 Å². The Morgan fingerprint density at radius 2 is 1.84 bits per heavy atom. The van der Waals surface area contributed by atoms with E-state index in [1.807, 2.05) is 22.8 Å². The van der Waals surface area contributed by atoms with E-state index in [1.54, 1.807) is 18.2 Å². The topological polar surface area (TPSA) is 97.2 Å². The minimum Gasteiger partial charge on any atom is -0.496 e. The fraction of sp³-hybridized carbons (Fsp3) is 0.333. The largest absolute Gasteiger partial charge is 0.496 e. The number of benzene rings is 2. The van der Waals surface area contributed by atoms with Crippen LogP contribution in [0.1, 0.15) is 15.9 Å². The van der Waals surface area contributed by atoms with E-state index in [2.05, 4.69) is 21.2 Å². The number of halogens is 1. The van der Waals surface area contributed by atoms with Gasteiger partial charge in [0.15, 0.2) is 5.11 Å². The van der Waals surface area contributed by atoms with Crippen LogP contribution in [-0.2, 0) is 0 Å². The number of aryl methyl sites for hydroxylation is 1. The number of methoxy groups -OCH3 is 2. The summed E-state index contributed by atoms with van der Waals surface area (Å²) in [4.78, 5) is 27.7. The molecule has 1 aliphatic rings. The summed E-state index contributed by atoms with van der Waals surface area (Å²) < 4.78 is 11.2. The maximum Gasteiger partial charge on any atom is 0.296 e. The molecule has 0 bridgehead atoms. The van der Waals surface area contributed by atoms with Crippen molar-refractivity contribution in [1.29, 1.82) is 0 Å². The maximum atomic E-state index is 12.8. The Morgan fingerprint density at radius 3 is 2.44 bits per heavy atom. The van der Waals surface area contributed by atoms with E-state index < -0.39 is 4.92 Å². The van der Waals surface area contributed by atoms with Gasteiger partial charge in [0.2, 0.25) is 0 Å². The highest BCUT2D eigenvalue weighted by Gasteiger charge is 2.26. The van der Waals surface area contributed by atoms with Gasteiger partial charge in [0, 0.05) is 30.7 Å².